The average Bonchev–Trinajstić information content (AvgIpc) is 3.25. The Hall–Kier alpha value is -1.45. The summed E-state index contributed by atoms with van der Waals surface area (Å²) in [6, 6.07) is -0.00997. The molecule has 0 bridgehead atoms. The minimum atomic E-state index is -3.62. The molecule has 0 aromatic carbocycles. The van der Waals surface area contributed by atoms with Crippen LogP contribution in [-0.2, 0) is 21.4 Å². The third kappa shape index (κ3) is 4.10. The summed E-state index contributed by atoms with van der Waals surface area (Å²) in [5.41, 5.74) is 1.16. The Morgan fingerprint density at radius 2 is 2.00 bits per heavy atom. The van der Waals surface area contributed by atoms with Crippen LogP contribution in [0.5, 0.6) is 0 Å². The smallest absolute Gasteiger partial charge is 0.317 e. The third-order valence-corrected chi connectivity index (χ3v) is 7.13. The first kappa shape index (κ1) is 19.3. The minimum absolute atomic E-state index is 0.0299. The highest BCUT2D eigenvalue weighted by Crippen LogP contribution is 2.34. The van der Waals surface area contributed by atoms with Gasteiger partial charge in [-0.2, -0.15) is 5.10 Å². The number of carboxylic acids is 1. The molecule has 0 unspecified atom stereocenters. The number of rotatable bonds is 9. The molecule has 0 atom stereocenters. The van der Waals surface area contributed by atoms with E-state index < -0.39 is 16.0 Å². The number of aryl methyl sites for hydroxylation is 2. The number of carboxylic acid groups (broad SMARTS) is 1. The van der Waals surface area contributed by atoms with Crippen molar-refractivity contribution < 1.29 is 18.3 Å². The molecule has 0 amide bonds. The van der Waals surface area contributed by atoms with Crippen LogP contribution in [0.25, 0.3) is 0 Å². The van der Waals surface area contributed by atoms with Crippen molar-refractivity contribution in [3.05, 3.63) is 11.4 Å². The quantitative estimate of drug-likeness (QED) is 0.661. The van der Waals surface area contributed by atoms with Crippen LogP contribution in [0.2, 0.25) is 0 Å². The zero-order chi connectivity index (χ0) is 19.1. The Labute approximate surface area is 154 Å². The summed E-state index contributed by atoms with van der Waals surface area (Å²) in [6.45, 7) is 6.86. The van der Waals surface area contributed by atoms with E-state index in [2.05, 4.69) is 9.82 Å². The molecule has 9 heteroatoms. The zero-order valence-electron chi connectivity index (χ0n) is 15.6. The second kappa shape index (κ2) is 7.28. The van der Waals surface area contributed by atoms with Crippen molar-refractivity contribution >= 4 is 16.0 Å². The van der Waals surface area contributed by atoms with Crippen LogP contribution in [0, 0.1) is 19.8 Å². The topological polar surface area (TPSA) is 105 Å². The van der Waals surface area contributed by atoms with Crippen molar-refractivity contribution in [3.8, 4) is 0 Å². The Bertz CT molecular complexity index is 779. The fourth-order valence-electron chi connectivity index (χ4n) is 3.79. The van der Waals surface area contributed by atoms with Gasteiger partial charge in [-0.1, -0.05) is 0 Å². The van der Waals surface area contributed by atoms with Gasteiger partial charge in [-0.25, -0.2) is 13.1 Å². The van der Waals surface area contributed by atoms with Gasteiger partial charge in [-0.05, 0) is 52.4 Å². The number of carbonyl (C=O) groups is 1. The first-order valence-electron chi connectivity index (χ1n) is 9.23. The molecule has 0 spiro atoms. The second-order valence-corrected chi connectivity index (χ2v) is 9.18. The van der Waals surface area contributed by atoms with Crippen molar-refractivity contribution in [2.24, 2.45) is 5.92 Å². The summed E-state index contributed by atoms with van der Waals surface area (Å²) in [5, 5.41) is 13.4. The molecule has 2 fully saturated rings. The number of sulfonamides is 1. The summed E-state index contributed by atoms with van der Waals surface area (Å²) in [7, 11) is -3.62. The number of nitrogens with one attached hydrogen (secondary N) is 1. The van der Waals surface area contributed by atoms with E-state index in [1.807, 2.05) is 11.8 Å². The van der Waals surface area contributed by atoms with Crippen molar-refractivity contribution in [2.45, 2.75) is 70.0 Å². The van der Waals surface area contributed by atoms with Crippen LogP contribution in [0.3, 0.4) is 0 Å². The van der Waals surface area contributed by atoms with Crippen molar-refractivity contribution in [1.82, 2.24) is 19.4 Å². The lowest BCUT2D eigenvalue weighted by molar-refractivity contribution is -0.139. The molecule has 2 aliphatic rings. The maximum absolute atomic E-state index is 12.8. The highest BCUT2D eigenvalue weighted by molar-refractivity contribution is 7.89. The van der Waals surface area contributed by atoms with Crippen LogP contribution in [-0.4, -0.2) is 59.3 Å². The van der Waals surface area contributed by atoms with E-state index in [0.29, 0.717) is 36.7 Å². The zero-order valence-corrected chi connectivity index (χ0v) is 16.4. The predicted molar refractivity (Wildman–Crippen MR) is 96.4 cm³/mol. The molecule has 26 heavy (non-hydrogen) atoms. The lowest BCUT2D eigenvalue weighted by Gasteiger charge is -2.42. The first-order chi connectivity index (χ1) is 12.2. The molecule has 3 rings (SSSR count). The summed E-state index contributed by atoms with van der Waals surface area (Å²) in [4.78, 5) is 13.4. The lowest BCUT2D eigenvalue weighted by atomic mass is 9.86. The Morgan fingerprint density at radius 3 is 2.50 bits per heavy atom. The summed E-state index contributed by atoms with van der Waals surface area (Å²) >= 11 is 0. The first-order valence-corrected chi connectivity index (χ1v) is 10.7. The van der Waals surface area contributed by atoms with E-state index in [1.165, 1.54) is 12.8 Å². The molecular weight excluding hydrogens is 356 g/mol. The van der Waals surface area contributed by atoms with Gasteiger partial charge in [0.25, 0.3) is 0 Å². The molecule has 1 aromatic heterocycles. The molecule has 2 aliphatic carbocycles. The van der Waals surface area contributed by atoms with E-state index in [4.69, 9.17) is 5.11 Å². The monoisotopic (exact) mass is 384 g/mol. The molecular formula is C17H28N4O4S. The Morgan fingerprint density at radius 1 is 1.35 bits per heavy atom. The van der Waals surface area contributed by atoms with Crippen LogP contribution in [0.4, 0.5) is 0 Å². The molecule has 0 saturated heterocycles. The largest absolute Gasteiger partial charge is 0.480 e. The minimum Gasteiger partial charge on any atom is -0.480 e. The van der Waals surface area contributed by atoms with Gasteiger partial charge >= 0.3 is 5.97 Å². The lowest BCUT2D eigenvalue weighted by Crippen LogP contribution is -2.55. The summed E-state index contributed by atoms with van der Waals surface area (Å²) < 4.78 is 30.0. The molecule has 0 aliphatic heterocycles. The van der Waals surface area contributed by atoms with E-state index in [-0.39, 0.29) is 23.5 Å². The van der Waals surface area contributed by atoms with Gasteiger partial charge in [-0.15, -0.1) is 0 Å². The molecule has 2 saturated carbocycles. The Balaban J connectivity index is 1.62. The van der Waals surface area contributed by atoms with Crippen molar-refractivity contribution in [2.75, 3.05) is 13.1 Å². The van der Waals surface area contributed by atoms with Crippen molar-refractivity contribution in [3.63, 3.8) is 0 Å². The Kier molecular flexibility index (Phi) is 5.41. The molecule has 146 valence electrons. The van der Waals surface area contributed by atoms with E-state index in [1.54, 1.807) is 18.5 Å². The number of aliphatic carboxylic acids is 1. The van der Waals surface area contributed by atoms with Gasteiger partial charge in [0.2, 0.25) is 10.0 Å². The summed E-state index contributed by atoms with van der Waals surface area (Å²) in [5.74, 6) is -0.219. The van der Waals surface area contributed by atoms with Crippen LogP contribution in [0.1, 0.15) is 44.0 Å². The van der Waals surface area contributed by atoms with Gasteiger partial charge in [0.15, 0.2) is 0 Å². The number of aromatic nitrogens is 2. The van der Waals surface area contributed by atoms with Crippen molar-refractivity contribution in [1.29, 1.82) is 0 Å². The van der Waals surface area contributed by atoms with Crippen LogP contribution in [0.15, 0.2) is 4.90 Å². The number of hydrogen-bond acceptors (Lipinski definition) is 5. The average molecular weight is 385 g/mol. The molecule has 8 nitrogen and oxygen atoms in total. The fraction of sp³-hybridized carbons (Fsp3) is 0.765. The second-order valence-electron chi connectivity index (χ2n) is 7.53. The number of nitrogens with zero attached hydrogens (tertiary/aromatic N) is 3. The van der Waals surface area contributed by atoms with Crippen LogP contribution < -0.4 is 4.72 Å². The van der Waals surface area contributed by atoms with Gasteiger partial charge in [0.1, 0.15) is 4.90 Å². The van der Waals surface area contributed by atoms with Gasteiger partial charge < -0.3 is 5.11 Å². The third-order valence-electron chi connectivity index (χ3n) is 5.36. The fourth-order valence-corrected chi connectivity index (χ4v) is 5.46. The highest BCUT2D eigenvalue weighted by Gasteiger charge is 2.39. The number of hydrogen-bond donors (Lipinski definition) is 2. The predicted octanol–water partition coefficient (Wildman–Crippen LogP) is 1.13. The van der Waals surface area contributed by atoms with Gasteiger partial charge in [0, 0.05) is 25.2 Å². The standard InChI is InChI=1S/C17H28N4O4S/c1-4-21-12(3)17(11(2)18-21)26(24,25)19-14-7-15(8-14)20(10-16(22)23)9-13-5-6-13/h13-15,19H,4-10H2,1-3H3,(H,22,23). The SMILES string of the molecule is CCn1nc(C)c(S(=O)(=O)NC2CC(N(CC(=O)O)CC3CC3)C2)c1C. The summed E-state index contributed by atoms with van der Waals surface area (Å²) in [6.07, 6.45) is 3.64. The van der Waals surface area contributed by atoms with E-state index >= 15 is 0 Å². The molecule has 1 heterocycles. The van der Waals surface area contributed by atoms with Gasteiger partial charge in [0.05, 0.1) is 17.9 Å². The molecule has 2 N–H and O–H groups in total. The van der Waals surface area contributed by atoms with Crippen LogP contribution >= 0.6 is 0 Å². The molecule has 1 aromatic rings. The molecule has 0 radical (unpaired) electrons. The van der Waals surface area contributed by atoms with E-state index in [9.17, 15) is 13.2 Å². The highest BCUT2D eigenvalue weighted by atomic mass is 32.2. The van der Waals surface area contributed by atoms with E-state index in [0.717, 1.165) is 6.54 Å². The maximum Gasteiger partial charge on any atom is 0.317 e. The maximum atomic E-state index is 12.8. The normalized spacial score (nSPS) is 23.2. The van der Waals surface area contributed by atoms with Gasteiger partial charge in [-0.3, -0.25) is 14.4 Å².